The zero-order valence-corrected chi connectivity index (χ0v) is 21.6. The number of hydrogen-bond donors (Lipinski definition) is 0. The number of aryl methyl sites for hydroxylation is 1. The highest BCUT2D eigenvalue weighted by Gasteiger charge is 2.44. The van der Waals surface area contributed by atoms with Gasteiger partial charge in [0.15, 0.2) is 5.60 Å². The Kier molecular flexibility index (Phi) is 8.94. The van der Waals surface area contributed by atoms with Crippen LogP contribution in [-0.2, 0) is 20.7 Å². The SMILES string of the molecule is COC(=O)C1(CCCc2c(F)cnc3ccc(OC)cc23)CN(CCSc2cc(F)ccc2F)CCO1. The number of pyridine rings is 1. The molecule has 0 spiro atoms. The van der Waals surface area contributed by atoms with Crippen molar-refractivity contribution in [2.45, 2.75) is 29.8 Å². The van der Waals surface area contributed by atoms with E-state index in [2.05, 4.69) is 9.88 Å². The smallest absolute Gasteiger partial charge is 0.339 e. The summed E-state index contributed by atoms with van der Waals surface area (Å²) in [5, 5.41) is 0.666. The number of carbonyl (C=O) groups excluding carboxylic acids is 1. The zero-order chi connectivity index (χ0) is 26.4. The van der Waals surface area contributed by atoms with Crippen molar-refractivity contribution in [3.63, 3.8) is 0 Å². The van der Waals surface area contributed by atoms with Crippen LogP contribution in [0.5, 0.6) is 5.75 Å². The molecule has 0 bridgehead atoms. The first-order valence-electron chi connectivity index (χ1n) is 12.0. The maximum absolute atomic E-state index is 14.7. The molecule has 2 heterocycles. The zero-order valence-electron chi connectivity index (χ0n) is 20.8. The third-order valence-corrected chi connectivity index (χ3v) is 7.53. The summed E-state index contributed by atoms with van der Waals surface area (Å²) in [6.45, 7) is 1.75. The van der Waals surface area contributed by atoms with Crippen molar-refractivity contribution < 1.29 is 32.2 Å². The number of thioether (sulfide) groups is 1. The van der Waals surface area contributed by atoms with Crippen molar-refractivity contribution in [2.75, 3.05) is 46.2 Å². The molecule has 1 unspecified atom stereocenters. The van der Waals surface area contributed by atoms with Crippen LogP contribution >= 0.6 is 11.8 Å². The van der Waals surface area contributed by atoms with E-state index in [0.717, 1.165) is 12.1 Å². The molecule has 6 nitrogen and oxygen atoms in total. The first-order chi connectivity index (χ1) is 17.8. The normalized spacial score (nSPS) is 18.2. The number of carbonyl (C=O) groups is 1. The van der Waals surface area contributed by atoms with E-state index >= 15 is 0 Å². The minimum Gasteiger partial charge on any atom is -0.497 e. The number of esters is 1. The first kappa shape index (κ1) is 27.2. The van der Waals surface area contributed by atoms with E-state index in [9.17, 15) is 18.0 Å². The minimum atomic E-state index is -1.20. The molecule has 4 rings (SSSR count). The Morgan fingerprint density at radius 2 is 2.00 bits per heavy atom. The molecule has 1 aliphatic rings. The lowest BCUT2D eigenvalue weighted by atomic mass is 9.92. The number of rotatable bonds is 10. The Morgan fingerprint density at radius 3 is 2.78 bits per heavy atom. The molecular weight excluding hydrogens is 505 g/mol. The summed E-state index contributed by atoms with van der Waals surface area (Å²) in [6.07, 6.45) is 2.38. The monoisotopic (exact) mass is 534 g/mol. The molecule has 1 fully saturated rings. The summed E-state index contributed by atoms with van der Waals surface area (Å²) in [7, 11) is 2.87. The van der Waals surface area contributed by atoms with Crippen LogP contribution in [0.15, 0.2) is 47.5 Å². The Labute approximate surface area is 218 Å². The number of hydrogen-bond acceptors (Lipinski definition) is 7. The van der Waals surface area contributed by atoms with E-state index in [1.807, 2.05) is 0 Å². The highest BCUT2D eigenvalue weighted by molar-refractivity contribution is 7.99. The predicted molar refractivity (Wildman–Crippen MR) is 135 cm³/mol. The number of fused-ring (bicyclic) bond motifs is 1. The van der Waals surface area contributed by atoms with Crippen molar-refractivity contribution in [3.8, 4) is 5.75 Å². The van der Waals surface area contributed by atoms with Gasteiger partial charge in [0.2, 0.25) is 0 Å². The molecule has 0 amide bonds. The number of halogens is 3. The second-order valence-corrected chi connectivity index (χ2v) is 9.99. The number of benzene rings is 2. The first-order valence-corrected chi connectivity index (χ1v) is 13.0. The third kappa shape index (κ3) is 6.37. The van der Waals surface area contributed by atoms with Crippen molar-refractivity contribution in [2.24, 2.45) is 0 Å². The van der Waals surface area contributed by atoms with Crippen molar-refractivity contribution in [3.05, 3.63) is 65.6 Å². The minimum absolute atomic E-state index is 0.246. The molecule has 0 saturated carbocycles. The van der Waals surface area contributed by atoms with Crippen molar-refractivity contribution >= 4 is 28.6 Å². The lowest BCUT2D eigenvalue weighted by Gasteiger charge is -2.40. The van der Waals surface area contributed by atoms with Gasteiger partial charge in [-0.3, -0.25) is 9.88 Å². The average molecular weight is 535 g/mol. The van der Waals surface area contributed by atoms with Gasteiger partial charge in [0.05, 0.1) is 32.5 Å². The molecule has 198 valence electrons. The molecule has 1 aliphatic heterocycles. The molecule has 1 aromatic heterocycles. The van der Waals surface area contributed by atoms with Crippen LogP contribution in [0.2, 0.25) is 0 Å². The summed E-state index contributed by atoms with van der Waals surface area (Å²) >= 11 is 1.22. The number of methoxy groups -OCH3 is 2. The van der Waals surface area contributed by atoms with Gasteiger partial charge in [-0.15, -0.1) is 11.8 Å². The van der Waals surface area contributed by atoms with E-state index in [0.29, 0.717) is 73.5 Å². The Morgan fingerprint density at radius 1 is 1.16 bits per heavy atom. The highest BCUT2D eigenvalue weighted by Crippen LogP contribution is 2.30. The molecule has 1 atom stereocenters. The lowest BCUT2D eigenvalue weighted by molar-refractivity contribution is -0.182. The quantitative estimate of drug-likeness (QED) is 0.267. The predicted octanol–water partition coefficient (Wildman–Crippen LogP) is 5.02. The maximum Gasteiger partial charge on any atom is 0.339 e. The lowest BCUT2D eigenvalue weighted by Crippen LogP contribution is -2.57. The Balaban J connectivity index is 1.42. The van der Waals surface area contributed by atoms with Gasteiger partial charge in [-0.25, -0.2) is 18.0 Å². The summed E-state index contributed by atoms with van der Waals surface area (Å²) < 4.78 is 58.5. The van der Waals surface area contributed by atoms with Gasteiger partial charge in [0, 0.05) is 35.7 Å². The molecular formula is C27H29F3N2O4S. The molecule has 10 heteroatoms. The van der Waals surface area contributed by atoms with Gasteiger partial charge in [-0.2, -0.15) is 0 Å². The second kappa shape index (κ2) is 12.1. The largest absolute Gasteiger partial charge is 0.497 e. The third-order valence-electron chi connectivity index (χ3n) is 6.52. The standard InChI is InChI=1S/C27H29F3N2O4S/c1-34-19-6-8-24-21(15-19)20(23(30)16-31-24)4-3-9-27(26(33)35-2)17-32(10-12-36-27)11-13-37-25-14-18(28)5-7-22(25)29/h5-8,14-16H,3-4,9-13,17H2,1-2H3. The van der Waals surface area contributed by atoms with Crippen LogP contribution in [0.4, 0.5) is 13.2 Å². The van der Waals surface area contributed by atoms with Crippen LogP contribution in [0, 0.1) is 17.5 Å². The van der Waals surface area contributed by atoms with Gasteiger partial charge in [0.1, 0.15) is 23.2 Å². The molecule has 0 radical (unpaired) electrons. The van der Waals surface area contributed by atoms with Gasteiger partial charge in [-0.1, -0.05) is 0 Å². The summed E-state index contributed by atoms with van der Waals surface area (Å²) in [5.41, 5.74) is -0.0315. The van der Waals surface area contributed by atoms with E-state index in [4.69, 9.17) is 14.2 Å². The van der Waals surface area contributed by atoms with Crippen molar-refractivity contribution in [1.29, 1.82) is 0 Å². The average Bonchev–Trinajstić information content (AvgIpc) is 2.91. The number of morpholine rings is 1. The van der Waals surface area contributed by atoms with Crippen LogP contribution in [-0.4, -0.2) is 67.7 Å². The molecule has 1 saturated heterocycles. The van der Waals surface area contributed by atoms with E-state index in [-0.39, 0.29) is 4.90 Å². The fraction of sp³-hybridized carbons (Fsp3) is 0.407. The molecule has 37 heavy (non-hydrogen) atoms. The second-order valence-electron chi connectivity index (χ2n) is 8.86. The van der Waals surface area contributed by atoms with Crippen LogP contribution < -0.4 is 4.74 Å². The summed E-state index contributed by atoms with van der Waals surface area (Å²) in [5.74, 6) is -0.742. The van der Waals surface area contributed by atoms with E-state index in [1.54, 1.807) is 25.3 Å². The number of aromatic nitrogens is 1. The Hall–Kier alpha value is -2.82. The van der Waals surface area contributed by atoms with Crippen LogP contribution in [0.25, 0.3) is 10.9 Å². The summed E-state index contributed by atoms with van der Waals surface area (Å²) in [4.78, 5) is 19.3. The molecule has 0 aliphatic carbocycles. The number of ether oxygens (including phenoxy) is 3. The van der Waals surface area contributed by atoms with E-state index in [1.165, 1.54) is 31.1 Å². The summed E-state index contributed by atoms with van der Waals surface area (Å²) in [6, 6.07) is 8.69. The number of nitrogens with zero attached hydrogens (tertiary/aromatic N) is 2. The fourth-order valence-corrected chi connectivity index (χ4v) is 5.59. The highest BCUT2D eigenvalue weighted by atomic mass is 32.2. The van der Waals surface area contributed by atoms with Crippen LogP contribution in [0.3, 0.4) is 0 Å². The van der Waals surface area contributed by atoms with Crippen molar-refractivity contribution in [1.82, 2.24) is 9.88 Å². The topological polar surface area (TPSA) is 60.9 Å². The molecule has 0 N–H and O–H groups in total. The van der Waals surface area contributed by atoms with Gasteiger partial charge < -0.3 is 14.2 Å². The fourth-order valence-electron chi connectivity index (χ4n) is 4.62. The molecule has 3 aromatic rings. The van der Waals surface area contributed by atoms with E-state index < -0.39 is 29.0 Å². The van der Waals surface area contributed by atoms with Gasteiger partial charge >= 0.3 is 5.97 Å². The van der Waals surface area contributed by atoms with Gasteiger partial charge in [0.25, 0.3) is 0 Å². The maximum atomic E-state index is 14.7. The van der Waals surface area contributed by atoms with Crippen LogP contribution in [0.1, 0.15) is 18.4 Å². The Bertz CT molecular complexity index is 1260. The molecule has 2 aromatic carbocycles. The van der Waals surface area contributed by atoms with Gasteiger partial charge in [-0.05, 0) is 61.2 Å².